The van der Waals surface area contributed by atoms with E-state index in [9.17, 15) is 4.79 Å². The van der Waals surface area contributed by atoms with E-state index in [1.54, 1.807) is 11.6 Å². The average Bonchev–Trinajstić information content (AvgIpc) is 2.74. The third-order valence-electron chi connectivity index (χ3n) is 2.81. The van der Waals surface area contributed by atoms with Gasteiger partial charge in [-0.15, -0.1) is 10.2 Å². The quantitative estimate of drug-likeness (QED) is 0.824. The second-order valence-electron chi connectivity index (χ2n) is 4.75. The van der Waals surface area contributed by atoms with Crippen LogP contribution in [0.3, 0.4) is 0 Å². The van der Waals surface area contributed by atoms with E-state index in [0.29, 0.717) is 17.6 Å². The van der Waals surface area contributed by atoms with E-state index in [-0.39, 0.29) is 5.75 Å². The normalized spacial score (nSPS) is 10.6. The number of aromatic nitrogens is 3. The largest absolute Gasteiger partial charge is 0.486 e. The van der Waals surface area contributed by atoms with Crippen LogP contribution in [0.1, 0.15) is 17.0 Å². The summed E-state index contributed by atoms with van der Waals surface area (Å²) in [5.74, 6) is 0.525. The maximum Gasteiger partial charge on any atom is 0.313 e. The van der Waals surface area contributed by atoms with Gasteiger partial charge in [-0.1, -0.05) is 17.8 Å². The molecule has 2 aromatic rings. The number of carbonyl (C=O) groups is 1. The third kappa shape index (κ3) is 4.22. The average molecular weight is 307 g/mol. The van der Waals surface area contributed by atoms with Crippen LogP contribution in [0.4, 0.5) is 0 Å². The van der Waals surface area contributed by atoms with Crippen LogP contribution in [-0.2, 0) is 18.4 Å². The SMILES string of the molecule is Cc1cc(C)cc(OCc2nnc(SCC(=O)O)n2C)c1. The molecule has 1 N–H and O–H groups in total. The van der Waals surface area contributed by atoms with Gasteiger partial charge in [-0.05, 0) is 37.1 Å². The van der Waals surface area contributed by atoms with Gasteiger partial charge in [0.15, 0.2) is 11.0 Å². The van der Waals surface area contributed by atoms with Crippen molar-refractivity contribution in [2.24, 2.45) is 7.05 Å². The molecule has 0 radical (unpaired) electrons. The Bertz CT molecular complexity index is 635. The molecule has 0 saturated carbocycles. The van der Waals surface area contributed by atoms with E-state index in [2.05, 4.69) is 16.3 Å². The van der Waals surface area contributed by atoms with E-state index in [1.807, 2.05) is 26.0 Å². The Morgan fingerprint density at radius 1 is 1.29 bits per heavy atom. The third-order valence-corrected chi connectivity index (χ3v) is 3.82. The smallest absolute Gasteiger partial charge is 0.313 e. The Kier molecular flexibility index (Phi) is 4.85. The minimum absolute atomic E-state index is 0.0378. The summed E-state index contributed by atoms with van der Waals surface area (Å²) in [7, 11) is 1.80. The maximum absolute atomic E-state index is 10.6. The molecule has 21 heavy (non-hydrogen) atoms. The fourth-order valence-electron chi connectivity index (χ4n) is 1.89. The van der Waals surface area contributed by atoms with Crippen LogP contribution in [0.5, 0.6) is 5.75 Å². The Morgan fingerprint density at radius 3 is 2.57 bits per heavy atom. The van der Waals surface area contributed by atoms with Crippen LogP contribution in [0.15, 0.2) is 23.4 Å². The fourth-order valence-corrected chi connectivity index (χ4v) is 2.54. The van der Waals surface area contributed by atoms with Crippen molar-refractivity contribution in [1.29, 1.82) is 0 Å². The number of rotatable bonds is 6. The molecule has 0 amide bonds. The zero-order valence-corrected chi connectivity index (χ0v) is 13.0. The van der Waals surface area contributed by atoms with Gasteiger partial charge in [0.25, 0.3) is 0 Å². The van der Waals surface area contributed by atoms with Crippen molar-refractivity contribution in [1.82, 2.24) is 14.8 Å². The number of carboxylic acid groups (broad SMARTS) is 1. The highest BCUT2D eigenvalue weighted by molar-refractivity contribution is 7.99. The Morgan fingerprint density at radius 2 is 1.95 bits per heavy atom. The zero-order valence-electron chi connectivity index (χ0n) is 12.2. The van der Waals surface area contributed by atoms with Crippen molar-refractivity contribution in [3.63, 3.8) is 0 Å². The summed E-state index contributed by atoms with van der Waals surface area (Å²) < 4.78 is 7.47. The Hall–Kier alpha value is -2.02. The highest BCUT2D eigenvalue weighted by Gasteiger charge is 2.11. The van der Waals surface area contributed by atoms with Crippen molar-refractivity contribution in [3.05, 3.63) is 35.2 Å². The molecular formula is C14H17N3O3S. The molecule has 112 valence electrons. The summed E-state index contributed by atoms with van der Waals surface area (Å²) in [4.78, 5) is 10.6. The Labute approximate surface area is 127 Å². The van der Waals surface area contributed by atoms with Crippen LogP contribution in [0.2, 0.25) is 0 Å². The van der Waals surface area contributed by atoms with Gasteiger partial charge in [0.2, 0.25) is 0 Å². The summed E-state index contributed by atoms with van der Waals surface area (Å²) in [5.41, 5.74) is 2.28. The molecule has 0 atom stereocenters. The van der Waals surface area contributed by atoms with Crippen LogP contribution in [0, 0.1) is 13.8 Å². The number of hydrogen-bond acceptors (Lipinski definition) is 5. The molecule has 0 aliphatic heterocycles. The van der Waals surface area contributed by atoms with Crippen molar-refractivity contribution in [2.45, 2.75) is 25.6 Å². The van der Waals surface area contributed by atoms with Crippen LogP contribution in [-0.4, -0.2) is 31.6 Å². The lowest BCUT2D eigenvalue weighted by Gasteiger charge is -2.08. The van der Waals surface area contributed by atoms with E-state index in [4.69, 9.17) is 9.84 Å². The van der Waals surface area contributed by atoms with Crippen molar-refractivity contribution in [3.8, 4) is 5.75 Å². The molecule has 0 aliphatic rings. The van der Waals surface area contributed by atoms with Gasteiger partial charge in [-0.25, -0.2) is 0 Å². The highest BCUT2D eigenvalue weighted by Crippen LogP contribution is 2.19. The summed E-state index contributed by atoms with van der Waals surface area (Å²) in [5, 5.41) is 17.2. The fraction of sp³-hybridized carbons (Fsp3) is 0.357. The minimum atomic E-state index is -0.879. The molecule has 7 heteroatoms. The van der Waals surface area contributed by atoms with Crippen molar-refractivity contribution in [2.75, 3.05) is 5.75 Å². The monoisotopic (exact) mass is 307 g/mol. The van der Waals surface area contributed by atoms with Crippen LogP contribution >= 0.6 is 11.8 Å². The molecule has 0 saturated heterocycles. The second-order valence-corrected chi connectivity index (χ2v) is 5.69. The van der Waals surface area contributed by atoms with Gasteiger partial charge in [0.05, 0.1) is 5.75 Å². The number of aryl methyl sites for hydroxylation is 2. The number of aliphatic carboxylic acids is 1. The number of thioether (sulfide) groups is 1. The highest BCUT2D eigenvalue weighted by atomic mass is 32.2. The molecule has 0 spiro atoms. The number of benzene rings is 1. The summed E-state index contributed by atoms with van der Waals surface area (Å²) in [6.45, 7) is 4.33. The first-order chi connectivity index (χ1) is 9.95. The molecule has 1 heterocycles. The summed E-state index contributed by atoms with van der Waals surface area (Å²) in [6.07, 6.45) is 0. The van der Waals surface area contributed by atoms with E-state index < -0.39 is 5.97 Å². The lowest BCUT2D eigenvalue weighted by Crippen LogP contribution is -2.05. The van der Waals surface area contributed by atoms with Crippen LogP contribution < -0.4 is 4.74 Å². The summed E-state index contributed by atoms with van der Waals surface area (Å²) in [6, 6.07) is 6.00. The predicted octanol–water partition coefficient (Wildman–Crippen LogP) is 2.19. The second kappa shape index (κ2) is 6.62. The van der Waals surface area contributed by atoms with Crippen molar-refractivity contribution < 1.29 is 14.6 Å². The number of ether oxygens (including phenoxy) is 1. The predicted molar refractivity (Wildman–Crippen MR) is 79.6 cm³/mol. The number of hydrogen-bond donors (Lipinski definition) is 1. The van der Waals surface area contributed by atoms with E-state index >= 15 is 0 Å². The first-order valence-corrected chi connectivity index (χ1v) is 7.38. The maximum atomic E-state index is 10.6. The standard InChI is InChI=1S/C14H17N3O3S/c1-9-4-10(2)6-11(5-9)20-7-12-15-16-14(17(12)3)21-8-13(18)19/h4-6H,7-8H2,1-3H3,(H,18,19). The van der Waals surface area contributed by atoms with E-state index in [1.165, 1.54) is 0 Å². The Balaban J connectivity index is 2.01. The molecule has 0 aliphatic carbocycles. The van der Waals surface area contributed by atoms with Gasteiger partial charge < -0.3 is 14.4 Å². The molecule has 1 aromatic carbocycles. The first-order valence-electron chi connectivity index (χ1n) is 6.39. The number of carboxylic acids is 1. The molecular weight excluding hydrogens is 290 g/mol. The number of nitrogens with zero attached hydrogens (tertiary/aromatic N) is 3. The van der Waals surface area contributed by atoms with Gasteiger partial charge in [0.1, 0.15) is 12.4 Å². The minimum Gasteiger partial charge on any atom is -0.486 e. The van der Waals surface area contributed by atoms with E-state index in [0.717, 1.165) is 28.6 Å². The summed E-state index contributed by atoms with van der Waals surface area (Å²) >= 11 is 1.14. The molecule has 6 nitrogen and oxygen atoms in total. The molecule has 0 bridgehead atoms. The zero-order chi connectivity index (χ0) is 15.4. The van der Waals surface area contributed by atoms with Gasteiger partial charge in [-0.3, -0.25) is 4.79 Å². The molecule has 2 rings (SSSR count). The van der Waals surface area contributed by atoms with Gasteiger partial charge in [-0.2, -0.15) is 0 Å². The molecule has 1 aromatic heterocycles. The van der Waals surface area contributed by atoms with Gasteiger partial charge >= 0.3 is 5.97 Å². The molecule has 0 fully saturated rings. The van der Waals surface area contributed by atoms with Gasteiger partial charge in [0, 0.05) is 7.05 Å². The lowest BCUT2D eigenvalue weighted by atomic mass is 10.1. The van der Waals surface area contributed by atoms with Crippen molar-refractivity contribution >= 4 is 17.7 Å². The lowest BCUT2D eigenvalue weighted by molar-refractivity contribution is -0.133. The topological polar surface area (TPSA) is 77.2 Å². The first kappa shape index (κ1) is 15.4. The van der Waals surface area contributed by atoms with Crippen LogP contribution in [0.25, 0.3) is 0 Å². The molecule has 0 unspecified atom stereocenters.